The number of fused-ring (bicyclic) bond motifs is 1. The van der Waals surface area contributed by atoms with E-state index in [2.05, 4.69) is 15.3 Å². The predicted molar refractivity (Wildman–Crippen MR) is 122 cm³/mol. The van der Waals surface area contributed by atoms with Gasteiger partial charge in [-0.3, -0.25) is 14.2 Å². The van der Waals surface area contributed by atoms with E-state index in [9.17, 15) is 22.8 Å². The number of thioether (sulfide) groups is 1. The maximum atomic E-state index is 13.1. The van der Waals surface area contributed by atoms with Gasteiger partial charge in [0.15, 0.2) is 5.16 Å². The fourth-order valence-corrected chi connectivity index (χ4v) is 4.17. The van der Waals surface area contributed by atoms with Crippen molar-refractivity contribution >= 4 is 46.0 Å². The zero-order chi connectivity index (χ0) is 23.8. The maximum Gasteiger partial charge on any atom is 0.416 e. The fraction of sp³-hybridized carbons (Fsp3) is 0.136. The molecule has 11 heteroatoms. The molecule has 0 fully saturated rings. The summed E-state index contributed by atoms with van der Waals surface area (Å²) in [6.45, 7) is 1.80. The van der Waals surface area contributed by atoms with Crippen molar-refractivity contribution < 1.29 is 18.0 Å². The van der Waals surface area contributed by atoms with Crippen molar-refractivity contribution in [1.29, 1.82) is 0 Å². The molecular weight excluding hydrogens is 477 g/mol. The first-order valence-corrected chi connectivity index (χ1v) is 11.0. The van der Waals surface area contributed by atoms with Crippen LogP contribution in [-0.2, 0) is 11.0 Å². The number of nitrogens with zero attached hydrogens (tertiary/aromatic N) is 2. The number of hydrogen-bond donors (Lipinski definition) is 2. The Labute approximate surface area is 194 Å². The van der Waals surface area contributed by atoms with Crippen LogP contribution in [0.3, 0.4) is 0 Å². The molecule has 0 saturated carbocycles. The molecule has 1 amide bonds. The highest BCUT2D eigenvalue weighted by Crippen LogP contribution is 2.34. The van der Waals surface area contributed by atoms with Gasteiger partial charge in [-0.15, -0.1) is 0 Å². The van der Waals surface area contributed by atoms with E-state index in [1.165, 1.54) is 4.57 Å². The van der Waals surface area contributed by atoms with Crippen LogP contribution in [0.4, 0.5) is 18.9 Å². The number of carbonyl (C=O) groups is 1. The molecule has 0 radical (unpaired) electrons. The first-order valence-electron chi connectivity index (χ1n) is 9.60. The number of benzene rings is 2. The second-order valence-electron chi connectivity index (χ2n) is 7.11. The van der Waals surface area contributed by atoms with Crippen molar-refractivity contribution in [3.05, 3.63) is 81.2 Å². The number of rotatable bonds is 5. The van der Waals surface area contributed by atoms with Crippen molar-refractivity contribution in [2.45, 2.75) is 18.3 Å². The number of halogens is 4. The van der Waals surface area contributed by atoms with Gasteiger partial charge in [-0.25, -0.2) is 4.98 Å². The summed E-state index contributed by atoms with van der Waals surface area (Å²) in [5.74, 6) is -0.804. The monoisotopic (exact) mass is 492 g/mol. The van der Waals surface area contributed by atoms with Crippen LogP contribution in [0.5, 0.6) is 0 Å². The number of nitrogens with one attached hydrogen (secondary N) is 2. The van der Waals surface area contributed by atoms with E-state index in [-0.39, 0.29) is 27.2 Å². The fourth-order valence-electron chi connectivity index (χ4n) is 3.19. The van der Waals surface area contributed by atoms with Crippen molar-refractivity contribution in [3.8, 4) is 5.69 Å². The molecular formula is C22H16ClF3N4O2S. The van der Waals surface area contributed by atoms with Crippen LogP contribution in [0.2, 0.25) is 5.02 Å². The molecule has 2 N–H and O–H groups in total. The number of amides is 1. The molecule has 0 bridgehead atoms. The molecule has 0 saturated heterocycles. The SMILES string of the molecule is Cc1cc2nc(SCC(=O)Nc3cc(C(F)(F)F)ccc3Cl)n(-c3ccccc3)c(=O)c2[nH]1. The topological polar surface area (TPSA) is 79.8 Å². The lowest BCUT2D eigenvalue weighted by Gasteiger charge is -2.13. The molecule has 2 aromatic carbocycles. The number of anilines is 1. The summed E-state index contributed by atoms with van der Waals surface area (Å²) in [6, 6.07) is 13.2. The molecule has 0 atom stereocenters. The average molecular weight is 493 g/mol. The van der Waals surface area contributed by atoms with Gasteiger partial charge in [0.05, 0.1) is 33.2 Å². The minimum atomic E-state index is -4.57. The first kappa shape index (κ1) is 22.9. The van der Waals surface area contributed by atoms with Crippen molar-refractivity contribution in [2.75, 3.05) is 11.1 Å². The standard InChI is InChI=1S/C22H16ClF3N4O2S/c1-12-9-17-19(27-12)20(32)30(14-5-3-2-4-6-14)21(29-17)33-11-18(31)28-16-10-13(22(24,25)26)7-8-15(16)23/h2-10,27H,11H2,1H3,(H,28,31). The smallest absolute Gasteiger partial charge is 0.353 e. The molecule has 0 spiro atoms. The maximum absolute atomic E-state index is 13.1. The molecule has 170 valence electrons. The van der Waals surface area contributed by atoms with E-state index < -0.39 is 17.6 Å². The molecule has 0 aliphatic heterocycles. The van der Waals surface area contributed by atoms with Gasteiger partial charge in [-0.05, 0) is 43.3 Å². The number of carbonyl (C=O) groups excluding carboxylic acids is 1. The van der Waals surface area contributed by atoms with Crippen molar-refractivity contribution in [3.63, 3.8) is 0 Å². The van der Waals surface area contributed by atoms with E-state index in [0.717, 1.165) is 35.7 Å². The van der Waals surface area contributed by atoms with E-state index >= 15 is 0 Å². The van der Waals surface area contributed by atoms with Gasteiger partial charge >= 0.3 is 6.18 Å². The van der Waals surface area contributed by atoms with Gasteiger partial charge in [0.2, 0.25) is 5.91 Å². The highest BCUT2D eigenvalue weighted by atomic mass is 35.5. The molecule has 2 heterocycles. The largest absolute Gasteiger partial charge is 0.416 e. The normalized spacial score (nSPS) is 11.7. The summed E-state index contributed by atoms with van der Waals surface area (Å²) in [5, 5.41) is 2.64. The number of para-hydroxylation sites is 1. The summed E-state index contributed by atoms with van der Waals surface area (Å²) < 4.78 is 40.3. The third kappa shape index (κ3) is 4.91. The molecule has 6 nitrogen and oxygen atoms in total. The lowest BCUT2D eigenvalue weighted by molar-refractivity contribution is -0.137. The van der Waals surface area contributed by atoms with Crippen LogP contribution in [0, 0.1) is 6.92 Å². The van der Waals surface area contributed by atoms with E-state index in [0.29, 0.717) is 16.7 Å². The molecule has 2 aromatic heterocycles. The Morgan fingerprint density at radius 1 is 1.18 bits per heavy atom. The van der Waals surface area contributed by atoms with Crippen molar-refractivity contribution in [2.24, 2.45) is 0 Å². The average Bonchev–Trinajstić information content (AvgIpc) is 3.14. The highest BCUT2D eigenvalue weighted by Gasteiger charge is 2.31. The Morgan fingerprint density at radius 3 is 2.61 bits per heavy atom. The predicted octanol–water partition coefficient (Wildman–Crippen LogP) is 5.43. The van der Waals surface area contributed by atoms with Crippen molar-refractivity contribution in [1.82, 2.24) is 14.5 Å². The number of aromatic nitrogens is 3. The number of aryl methyl sites for hydroxylation is 1. The lowest BCUT2D eigenvalue weighted by atomic mass is 10.2. The Bertz CT molecular complexity index is 1400. The van der Waals surface area contributed by atoms with Crippen LogP contribution in [0.25, 0.3) is 16.7 Å². The Morgan fingerprint density at radius 2 is 1.91 bits per heavy atom. The summed E-state index contributed by atoms with van der Waals surface area (Å²) in [6.07, 6.45) is -4.57. The first-order chi connectivity index (χ1) is 15.6. The molecule has 33 heavy (non-hydrogen) atoms. The van der Waals surface area contributed by atoms with Crippen LogP contribution in [-0.4, -0.2) is 26.2 Å². The quantitative estimate of drug-likeness (QED) is 0.288. The molecule has 0 unspecified atom stereocenters. The summed E-state index contributed by atoms with van der Waals surface area (Å²) >= 11 is 6.93. The molecule has 4 rings (SSSR count). The summed E-state index contributed by atoms with van der Waals surface area (Å²) in [7, 11) is 0. The van der Waals surface area contributed by atoms with Gasteiger partial charge in [-0.1, -0.05) is 41.6 Å². The summed E-state index contributed by atoms with van der Waals surface area (Å²) in [4.78, 5) is 33.1. The zero-order valence-corrected chi connectivity index (χ0v) is 18.6. The minimum absolute atomic E-state index is 0.0233. The third-order valence-corrected chi connectivity index (χ3v) is 5.94. The molecule has 0 aliphatic rings. The molecule has 0 aliphatic carbocycles. The van der Waals surface area contributed by atoms with Gasteiger partial charge in [-0.2, -0.15) is 13.2 Å². The van der Waals surface area contributed by atoms with Gasteiger partial charge in [0, 0.05) is 5.69 Å². The minimum Gasteiger partial charge on any atom is -0.353 e. The number of alkyl halides is 3. The van der Waals surface area contributed by atoms with Crippen LogP contribution in [0.15, 0.2) is 64.5 Å². The van der Waals surface area contributed by atoms with Crippen LogP contribution < -0.4 is 10.9 Å². The Kier molecular flexibility index (Phi) is 6.22. The van der Waals surface area contributed by atoms with Gasteiger partial charge in [0.1, 0.15) is 5.52 Å². The third-order valence-electron chi connectivity index (χ3n) is 4.67. The van der Waals surface area contributed by atoms with Crippen LogP contribution in [0.1, 0.15) is 11.3 Å². The van der Waals surface area contributed by atoms with E-state index in [4.69, 9.17) is 11.6 Å². The van der Waals surface area contributed by atoms with Gasteiger partial charge in [0.25, 0.3) is 5.56 Å². The van der Waals surface area contributed by atoms with E-state index in [1.54, 1.807) is 43.3 Å². The molecule has 4 aromatic rings. The number of hydrogen-bond acceptors (Lipinski definition) is 4. The van der Waals surface area contributed by atoms with Crippen LogP contribution >= 0.6 is 23.4 Å². The highest BCUT2D eigenvalue weighted by molar-refractivity contribution is 7.99. The zero-order valence-electron chi connectivity index (χ0n) is 17.0. The second-order valence-corrected chi connectivity index (χ2v) is 8.46. The summed E-state index contributed by atoms with van der Waals surface area (Å²) in [5.41, 5.74) is 0.698. The number of H-pyrrole nitrogens is 1. The van der Waals surface area contributed by atoms with Gasteiger partial charge < -0.3 is 10.3 Å². The lowest BCUT2D eigenvalue weighted by Crippen LogP contribution is -2.23. The number of aromatic amines is 1. The Balaban J connectivity index is 1.62. The Hall–Kier alpha value is -3.24. The second kappa shape index (κ2) is 8.95. The van der Waals surface area contributed by atoms with E-state index in [1.807, 2.05) is 0 Å².